The maximum Gasteiger partial charge on any atom is 0.229 e. The van der Waals surface area contributed by atoms with Gasteiger partial charge >= 0.3 is 0 Å². The highest BCUT2D eigenvalue weighted by atomic mass is 35.5. The summed E-state index contributed by atoms with van der Waals surface area (Å²) in [5, 5.41) is 6.46. The summed E-state index contributed by atoms with van der Waals surface area (Å²) >= 11 is 0. The van der Waals surface area contributed by atoms with E-state index in [1.165, 1.54) is 0 Å². The summed E-state index contributed by atoms with van der Waals surface area (Å²) in [6.45, 7) is 2.98. The van der Waals surface area contributed by atoms with Crippen LogP contribution in [0, 0.1) is 5.92 Å². The summed E-state index contributed by atoms with van der Waals surface area (Å²) in [5.74, 6) is 1.33. The molecule has 1 saturated heterocycles. The van der Waals surface area contributed by atoms with Crippen molar-refractivity contribution in [2.45, 2.75) is 25.8 Å². The van der Waals surface area contributed by atoms with E-state index in [1.54, 1.807) is 7.11 Å². The zero-order valence-electron chi connectivity index (χ0n) is 16.0. The highest BCUT2D eigenvalue weighted by molar-refractivity contribution is 5.94. The number of fused-ring (bicyclic) bond motifs is 1. The van der Waals surface area contributed by atoms with Crippen molar-refractivity contribution in [1.29, 1.82) is 0 Å². The maximum absolute atomic E-state index is 12.9. The Morgan fingerprint density at radius 2 is 2.07 bits per heavy atom. The molecule has 1 aliphatic heterocycles. The fraction of sp³-hybridized carbons (Fsp3) is 0.333. The van der Waals surface area contributed by atoms with Gasteiger partial charge in [0.2, 0.25) is 11.9 Å². The number of imidazole rings is 1. The SMILES string of the molecule is COc1cccc(-n2c(NC(=O)[C@H]3CCN[C@@H](C)C3)nc3ccccc32)c1.Cl. The number of ether oxygens (including phenoxy) is 1. The fourth-order valence-corrected chi connectivity index (χ4v) is 3.70. The van der Waals surface area contributed by atoms with Gasteiger partial charge in [-0.3, -0.25) is 14.7 Å². The van der Waals surface area contributed by atoms with Gasteiger partial charge in [-0.1, -0.05) is 18.2 Å². The third-order valence-electron chi connectivity index (χ3n) is 5.10. The summed E-state index contributed by atoms with van der Waals surface area (Å²) in [5.41, 5.74) is 2.69. The average molecular weight is 401 g/mol. The zero-order chi connectivity index (χ0) is 18.8. The summed E-state index contributed by atoms with van der Waals surface area (Å²) in [6, 6.07) is 16.0. The average Bonchev–Trinajstić information content (AvgIpc) is 3.05. The Balaban J connectivity index is 0.00000225. The minimum Gasteiger partial charge on any atom is -0.497 e. The van der Waals surface area contributed by atoms with Crippen molar-refractivity contribution in [2.75, 3.05) is 19.0 Å². The Hall–Kier alpha value is -2.57. The number of nitrogens with zero attached hydrogens (tertiary/aromatic N) is 2. The van der Waals surface area contributed by atoms with Gasteiger partial charge in [-0.25, -0.2) is 4.98 Å². The number of nitrogens with one attached hydrogen (secondary N) is 2. The summed E-state index contributed by atoms with van der Waals surface area (Å²) in [4.78, 5) is 17.6. The fourth-order valence-electron chi connectivity index (χ4n) is 3.70. The Morgan fingerprint density at radius 1 is 1.25 bits per heavy atom. The highest BCUT2D eigenvalue weighted by Crippen LogP contribution is 2.28. The quantitative estimate of drug-likeness (QED) is 0.699. The molecule has 2 heterocycles. The number of benzene rings is 2. The molecule has 0 bridgehead atoms. The molecule has 2 atom stereocenters. The van der Waals surface area contributed by atoms with Crippen LogP contribution in [0.3, 0.4) is 0 Å². The van der Waals surface area contributed by atoms with E-state index in [9.17, 15) is 4.79 Å². The molecule has 1 aromatic heterocycles. The molecular formula is C21H25ClN4O2. The van der Waals surface area contributed by atoms with E-state index < -0.39 is 0 Å². The lowest BCUT2D eigenvalue weighted by Gasteiger charge is -2.27. The van der Waals surface area contributed by atoms with Gasteiger partial charge in [-0.05, 0) is 50.6 Å². The second-order valence-electron chi connectivity index (χ2n) is 7.03. The number of carbonyl (C=O) groups excluding carboxylic acids is 1. The second-order valence-corrected chi connectivity index (χ2v) is 7.03. The molecule has 6 nitrogen and oxygen atoms in total. The number of piperidine rings is 1. The topological polar surface area (TPSA) is 68.2 Å². The van der Waals surface area contributed by atoms with E-state index in [2.05, 4.69) is 22.5 Å². The molecule has 7 heteroatoms. The molecule has 0 radical (unpaired) electrons. The number of hydrogen-bond donors (Lipinski definition) is 2. The third-order valence-corrected chi connectivity index (χ3v) is 5.10. The van der Waals surface area contributed by atoms with E-state index in [0.717, 1.165) is 41.9 Å². The number of methoxy groups -OCH3 is 1. The molecule has 0 unspecified atom stereocenters. The standard InChI is InChI=1S/C21H24N4O2.ClH/c1-14-12-15(10-11-22-14)20(26)24-21-23-18-8-3-4-9-19(18)25(21)16-6-5-7-17(13-16)27-2;/h3-9,13-15,22H,10-12H2,1-2H3,(H,23,24,26);1H/t14-,15-;/m0./s1. The Bertz CT molecular complexity index is 972. The number of hydrogen-bond acceptors (Lipinski definition) is 4. The first-order valence-corrected chi connectivity index (χ1v) is 9.32. The van der Waals surface area contributed by atoms with E-state index in [1.807, 2.05) is 53.1 Å². The van der Waals surface area contributed by atoms with Gasteiger partial charge in [0.1, 0.15) is 5.75 Å². The first-order valence-electron chi connectivity index (χ1n) is 9.32. The summed E-state index contributed by atoms with van der Waals surface area (Å²) in [7, 11) is 1.64. The van der Waals surface area contributed by atoms with Crippen LogP contribution in [0.25, 0.3) is 16.7 Å². The van der Waals surface area contributed by atoms with Crippen molar-refractivity contribution in [2.24, 2.45) is 5.92 Å². The van der Waals surface area contributed by atoms with Crippen LogP contribution in [-0.4, -0.2) is 35.2 Å². The maximum atomic E-state index is 12.9. The lowest BCUT2D eigenvalue weighted by molar-refractivity contribution is -0.120. The van der Waals surface area contributed by atoms with Gasteiger partial charge in [0.25, 0.3) is 0 Å². The largest absolute Gasteiger partial charge is 0.497 e. The number of para-hydroxylation sites is 2. The minimum absolute atomic E-state index is 0. The lowest BCUT2D eigenvalue weighted by Crippen LogP contribution is -2.40. The number of anilines is 1. The molecule has 2 aromatic carbocycles. The minimum atomic E-state index is -0.000165. The van der Waals surface area contributed by atoms with Crippen LogP contribution < -0.4 is 15.4 Å². The lowest BCUT2D eigenvalue weighted by atomic mass is 9.92. The van der Waals surface area contributed by atoms with Crippen molar-refractivity contribution >= 4 is 35.3 Å². The third kappa shape index (κ3) is 3.98. The van der Waals surface area contributed by atoms with Crippen LogP contribution in [0.4, 0.5) is 5.95 Å². The van der Waals surface area contributed by atoms with E-state index in [-0.39, 0.29) is 24.2 Å². The molecule has 1 fully saturated rings. The Labute approximate surface area is 170 Å². The van der Waals surface area contributed by atoms with Crippen molar-refractivity contribution in [3.8, 4) is 11.4 Å². The number of halogens is 1. The zero-order valence-corrected chi connectivity index (χ0v) is 16.8. The number of carbonyl (C=O) groups is 1. The molecule has 148 valence electrons. The first kappa shape index (κ1) is 20.2. The molecule has 2 N–H and O–H groups in total. The first-order chi connectivity index (χ1) is 13.2. The Kier molecular flexibility index (Phi) is 6.21. The van der Waals surface area contributed by atoms with Crippen molar-refractivity contribution in [1.82, 2.24) is 14.9 Å². The van der Waals surface area contributed by atoms with Gasteiger partial charge < -0.3 is 10.1 Å². The molecule has 0 saturated carbocycles. The van der Waals surface area contributed by atoms with Crippen molar-refractivity contribution < 1.29 is 9.53 Å². The predicted molar refractivity (Wildman–Crippen MR) is 114 cm³/mol. The van der Waals surface area contributed by atoms with Crippen LogP contribution in [0.1, 0.15) is 19.8 Å². The smallest absolute Gasteiger partial charge is 0.229 e. The molecule has 3 aromatic rings. The van der Waals surface area contributed by atoms with Crippen LogP contribution in [0.15, 0.2) is 48.5 Å². The number of rotatable bonds is 4. The van der Waals surface area contributed by atoms with E-state index in [0.29, 0.717) is 12.0 Å². The molecule has 4 rings (SSSR count). The van der Waals surface area contributed by atoms with Gasteiger partial charge in [-0.2, -0.15) is 0 Å². The Morgan fingerprint density at radius 3 is 2.86 bits per heavy atom. The molecule has 1 amide bonds. The molecule has 1 aliphatic rings. The van der Waals surface area contributed by atoms with Crippen LogP contribution >= 0.6 is 12.4 Å². The molecule has 0 aliphatic carbocycles. The summed E-state index contributed by atoms with van der Waals surface area (Å²) in [6.07, 6.45) is 1.68. The van der Waals surface area contributed by atoms with Crippen LogP contribution in [0.2, 0.25) is 0 Å². The number of amides is 1. The van der Waals surface area contributed by atoms with Crippen LogP contribution in [-0.2, 0) is 4.79 Å². The molecule has 0 spiro atoms. The van der Waals surface area contributed by atoms with Crippen molar-refractivity contribution in [3.63, 3.8) is 0 Å². The van der Waals surface area contributed by atoms with E-state index in [4.69, 9.17) is 4.74 Å². The van der Waals surface area contributed by atoms with Gasteiger partial charge in [0, 0.05) is 18.0 Å². The van der Waals surface area contributed by atoms with Crippen LogP contribution in [0.5, 0.6) is 5.75 Å². The highest BCUT2D eigenvalue weighted by Gasteiger charge is 2.26. The van der Waals surface area contributed by atoms with Gasteiger partial charge in [-0.15, -0.1) is 12.4 Å². The van der Waals surface area contributed by atoms with Gasteiger partial charge in [0.15, 0.2) is 0 Å². The number of aromatic nitrogens is 2. The van der Waals surface area contributed by atoms with E-state index >= 15 is 0 Å². The van der Waals surface area contributed by atoms with Crippen molar-refractivity contribution in [3.05, 3.63) is 48.5 Å². The second kappa shape index (κ2) is 8.63. The van der Waals surface area contributed by atoms with Gasteiger partial charge in [0.05, 0.1) is 23.8 Å². The summed E-state index contributed by atoms with van der Waals surface area (Å²) < 4.78 is 7.34. The molecular weight excluding hydrogens is 376 g/mol. The monoisotopic (exact) mass is 400 g/mol. The normalized spacial score (nSPS) is 19.1. The molecule has 28 heavy (non-hydrogen) atoms. The predicted octanol–water partition coefficient (Wildman–Crippen LogP) is 3.78.